The van der Waals surface area contributed by atoms with Crippen molar-refractivity contribution in [1.29, 1.82) is 0 Å². The summed E-state index contributed by atoms with van der Waals surface area (Å²) in [6.07, 6.45) is 4.14. The van der Waals surface area contributed by atoms with E-state index in [9.17, 15) is 9.18 Å². The molecule has 18 heavy (non-hydrogen) atoms. The molecule has 1 aromatic carbocycles. The first kappa shape index (κ1) is 13.7. The molecule has 0 aromatic heterocycles. The van der Waals surface area contributed by atoms with Crippen molar-refractivity contribution < 1.29 is 9.18 Å². The van der Waals surface area contributed by atoms with E-state index in [0.29, 0.717) is 4.47 Å². The number of hydrogen-bond donors (Lipinski definition) is 0. The van der Waals surface area contributed by atoms with Crippen molar-refractivity contribution >= 4 is 21.7 Å². The van der Waals surface area contributed by atoms with Gasteiger partial charge in [-0.05, 0) is 46.3 Å². The maximum atomic E-state index is 14.0. The third-order valence-corrected chi connectivity index (χ3v) is 4.65. The van der Waals surface area contributed by atoms with E-state index < -0.39 is 5.82 Å². The van der Waals surface area contributed by atoms with Gasteiger partial charge in [0.1, 0.15) is 5.82 Å². The quantitative estimate of drug-likeness (QED) is 0.703. The fourth-order valence-electron chi connectivity index (χ4n) is 2.86. The Bertz CT molecular complexity index is 468. The van der Waals surface area contributed by atoms with Gasteiger partial charge >= 0.3 is 0 Å². The third-order valence-electron chi connectivity index (χ3n) is 4.04. The Morgan fingerprint density at radius 2 is 2.11 bits per heavy atom. The van der Waals surface area contributed by atoms with Crippen molar-refractivity contribution in [2.45, 2.75) is 39.5 Å². The average Bonchev–Trinajstić information content (AvgIpc) is 2.31. The molecule has 1 unspecified atom stereocenters. The van der Waals surface area contributed by atoms with Crippen LogP contribution in [0.3, 0.4) is 0 Å². The van der Waals surface area contributed by atoms with Crippen LogP contribution in [0.4, 0.5) is 4.39 Å². The maximum Gasteiger partial charge on any atom is 0.169 e. The van der Waals surface area contributed by atoms with Gasteiger partial charge < -0.3 is 0 Å². The van der Waals surface area contributed by atoms with Crippen molar-refractivity contribution in [2.24, 2.45) is 11.3 Å². The van der Waals surface area contributed by atoms with E-state index in [4.69, 9.17) is 0 Å². The first-order valence-electron chi connectivity index (χ1n) is 6.42. The topological polar surface area (TPSA) is 17.1 Å². The van der Waals surface area contributed by atoms with Gasteiger partial charge in [0.2, 0.25) is 0 Å². The summed E-state index contributed by atoms with van der Waals surface area (Å²) in [6.45, 7) is 4.23. The standard InChI is InChI=1S/C15H18BrFO/c1-15(2)9-4-3-7-11(15)14(18)10-6-5-8-12(16)13(10)17/h5-6,8,11H,3-4,7,9H2,1-2H3. The van der Waals surface area contributed by atoms with E-state index in [2.05, 4.69) is 29.8 Å². The van der Waals surface area contributed by atoms with Crippen LogP contribution in [0.5, 0.6) is 0 Å². The number of rotatable bonds is 2. The molecule has 0 N–H and O–H groups in total. The summed E-state index contributed by atoms with van der Waals surface area (Å²) in [7, 11) is 0. The zero-order valence-electron chi connectivity index (χ0n) is 10.8. The molecule has 1 aliphatic rings. The zero-order valence-corrected chi connectivity index (χ0v) is 12.4. The van der Waals surface area contributed by atoms with E-state index in [-0.39, 0.29) is 22.7 Å². The lowest BCUT2D eigenvalue weighted by atomic mass is 9.66. The van der Waals surface area contributed by atoms with Crippen molar-refractivity contribution in [2.75, 3.05) is 0 Å². The van der Waals surface area contributed by atoms with Crippen LogP contribution in [-0.4, -0.2) is 5.78 Å². The van der Waals surface area contributed by atoms with Crippen molar-refractivity contribution in [1.82, 2.24) is 0 Å². The van der Waals surface area contributed by atoms with Gasteiger partial charge in [-0.1, -0.05) is 32.8 Å². The molecule has 0 saturated heterocycles. The second kappa shape index (κ2) is 5.12. The van der Waals surface area contributed by atoms with Crippen molar-refractivity contribution in [3.63, 3.8) is 0 Å². The van der Waals surface area contributed by atoms with Gasteiger partial charge in [-0.25, -0.2) is 4.39 Å². The van der Waals surface area contributed by atoms with Crippen LogP contribution in [-0.2, 0) is 0 Å². The zero-order chi connectivity index (χ0) is 13.3. The smallest absolute Gasteiger partial charge is 0.169 e. The highest BCUT2D eigenvalue weighted by molar-refractivity contribution is 9.10. The van der Waals surface area contributed by atoms with Crippen LogP contribution in [0.1, 0.15) is 49.9 Å². The lowest BCUT2D eigenvalue weighted by Gasteiger charge is -2.37. The number of Topliss-reactive ketones (excluding diaryl/α,β-unsaturated/α-hetero) is 1. The van der Waals surface area contributed by atoms with Crippen molar-refractivity contribution in [3.05, 3.63) is 34.1 Å². The number of carbonyl (C=O) groups is 1. The van der Waals surface area contributed by atoms with Crippen LogP contribution in [0.15, 0.2) is 22.7 Å². The number of halogens is 2. The summed E-state index contributed by atoms with van der Waals surface area (Å²) in [5.41, 5.74) is 0.203. The molecule has 1 aromatic rings. The molecule has 1 aliphatic carbocycles. The van der Waals surface area contributed by atoms with Gasteiger partial charge in [-0.3, -0.25) is 4.79 Å². The minimum absolute atomic E-state index is 0.0237. The average molecular weight is 313 g/mol. The molecule has 98 valence electrons. The highest BCUT2D eigenvalue weighted by Gasteiger charge is 2.38. The molecular weight excluding hydrogens is 295 g/mol. The number of hydrogen-bond acceptors (Lipinski definition) is 1. The lowest BCUT2D eigenvalue weighted by Crippen LogP contribution is -2.34. The first-order chi connectivity index (χ1) is 8.43. The minimum atomic E-state index is -0.427. The van der Waals surface area contributed by atoms with Gasteiger partial charge in [-0.15, -0.1) is 0 Å². The normalized spacial score (nSPS) is 22.8. The Labute approximate surface area is 116 Å². The summed E-state index contributed by atoms with van der Waals surface area (Å²) in [6, 6.07) is 4.93. The molecule has 0 amide bonds. The van der Waals surface area contributed by atoms with Gasteiger partial charge in [-0.2, -0.15) is 0 Å². The first-order valence-corrected chi connectivity index (χ1v) is 7.21. The van der Waals surface area contributed by atoms with E-state index in [1.54, 1.807) is 18.2 Å². The van der Waals surface area contributed by atoms with Crippen LogP contribution in [0.25, 0.3) is 0 Å². The molecular formula is C15H18BrFO. The van der Waals surface area contributed by atoms with Crippen LogP contribution >= 0.6 is 15.9 Å². The predicted octanol–water partition coefficient (Wildman–Crippen LogP) is 4.99. The Morgan fingerprint density at radius 3 is 2.78 bits per heavy atom. The highest BCUT2D eigenvalue weighted by atomic mass is 79.9. The van der Waals surface area contributed by atoms with Crippen LogP contribution < -0.4 is 0 Å². The predicted molar refractivity (Wildman–Crippen MR) is 74.2 cm³/mol. The van der Waals surface area contributed by atoms with Gasteiger partial charge in [0, 0.05) is 5.92 Å². The Balaban J connectivity index is 2.33. The van der Waals surface area contributed by atoms with Gasteiger partial charge in [0.15, 0.2) is 5.78 Å². The maximum absolute atomic E-state index is 14.0. The number of carbonyl (C=O) groups excluding carboxylic acids is 1. The Morgan fingerprint density at radius 1 is 1.39 bits per heavy atom. The van der Waals surface area contributed by atoms with E-state index in [1.165, 1.54) is 0 Å². The molecule has 1 saturated carbocycles. The summed E-state index contributed by atoms with van der Waals surface area (Å²) in [4.78, 5) is 12.5. The number of ketones is 1. The van der Waals surface area contributed by atoms with Gasteiger partial charge in [0.25, 0.3) is 0 Å². The fourth-order valence-corrected chi connectivity index (χ4v) is 3.23. The summed E-state index contributed by atoms with van der Waals surface area (Å²) in [5.74, 6) is -0.530. The van der Waals surface area contributed by atoms with Crippen LogP contribution in [0.2, 0.25) is 0 Å². The van der Waals surface area contributed by atoms with E-state index >= 15 is 0 Å². The molecule has 0 radical (unpaired) electrons. The molecule has 1 atom stereocenters. The Hall–Kier alpha value is -0.700. The second-order valence-corrected chi connectivity index (χ2v) is 6.61. The minimum Gasteiger partial charge on any atom is -0.294 e. The molecule has 1 nitrogen and oxygen atoms in total. The van der Waals surface area contributed by atoms with Gasteiger partial charge in [0.05, 0.1) is 10.0 Å². The second-order valence-electron chi connectivity index (χ2n) is 5.75. The number of benzene rings is 1. The van der Waals surface area contributed by atoms with E-state index in [1.807, 2.05) is 0 Å². The summed E-state index contributed by atoms with van der Waals surface area (Å²) in [5, 5.41) is 0. The summed E-state index contributed by atoms with van der Waals surface area (Å²) < 4.78 is 14.4. The SMILES string of the molecule is CC1(C)CCCCC1C(=O)c1cccc(Br)c1F. The molecule has 3 heteroatoms. The molecule has 0 aliphatic heterocycles. The third kappa shape index (κ3) is 2.51. The summed E-state index contributed by atoms with van der Waals surface area (Å²) >= 11 is 3.14. The molecule has 0 spiro atoms. The molecule has 0 bridgehead atoms. The lowest BCUT2D eigenvalue weighted by molar-refractivity contribution is 0.0693. The molecule has 1 fully saturated rings. The monoisotopic (exact) mass is 312 g/mol. The Kier molecular flexibility index (Phi) is 3.90. The van der Waals surface area contributed by atoms with E-state index in [0.717, 1.165) is 25.7 Å². The molecule has 2 rings (SSSR count). The van der Waals surface area contributed by atoms with Crippen molar-refractivity contribution in [3.8, 4) is 0 Å². The highest BCUT2D eigenvalue weighted by Crippen LogP contribution is 2.42. The molecule has 0 heterocycles. The fraction of sp³-hybridized carbons (Fsp3) is 0.533. The van der Waals surface area contributed by atoms with Crippen LogP contribution in [0, 0.1) is 17.2 Å². The largest absolute Gasteiger partial charge is 0.294 e.